The first kappa shape index (κ1) is 14.2. The van der Waals surface area contributed by atoms with E-state index in [0.717, 1.165) is 29.7 Å². The van der Waals surface area contributed by atoms with Gasteiger partial charge in [-0.2, -0.15) is 0 Å². The summed E-state index contributed by atoms with van der Waals surface area (Å²) in [7, 11) is 3.27. The van der Waals surface area contributed by atoms with Crippen molar-refractivity contribution in [1.29, 1.82) is 0 Å². The van der Waals surface area contributed by atoms with E-state index in [1.165, 1.54) is 25.7 Å². The van der Waals surface area contributed by atoms with Gasteiger partial charge in [0.05, 0.1) is 30.8 Å². The van der Waals surface area contributed by atoms with Gasteiger partial charge in [0, 0.05) is 12.1 Å². The molecule has 1 aromatic heterocycles. The fraction of sp³-hybridized carbons (Fsp3) is 0.562. The number of fused-ring (bicyclic) bond motifs is 1. The lowest BCUT2D eigenvalue weighted by molar-refractivity contribution is 0.356. The highest BCUT2D eigenvalue weighted by molar-refractivity contribution is 5.80. The maximum atomic E-state index is 6.63. The van der Waals surface area contributed by atoms with Crippen LogP contribution >= 0.6 is 0 Å². The predicted octanol–water partition coefficient (Wildman–Crippen LogP) is 3.09. The molecule has 21 heavy (non-hydrogen) atoms. The summed E-state index contributed by atoms with van der Waals surface area (Å²) in [6.45, 7) is 0. The molecule has 1 fully saturated rings. The molecule has 114 valence electrons. The Hall–Kier alpha value is -1.75. The van der Waals surface area contributed by atoms with Crippen molar-refractivity contribution in [3.8, 4) is 11.5 Å². The number of rotatable bonds is 3. The van der Waals surface area contributed by atoms with Crippen molar-refractivity contribution < 1.29 is 9.47 Å². The highest BCUT2D eigenvalue weighted by atomic mass is 16.5. The second-order valence-electron chi connectivity index (χ2n) is 5.88. The fourth-order valence-electron chi connectivity index (χ4n) is 3.17. The number of ether oxygens (including phenoxy) is 2. The molecule has 0 unspecified atom stereocenters. The van der Waals surface area contributed by atoms with Gasteiger partial charge in [-0.05, 0) is 12.8 Å². The predicted molar refractivity (Wildman–Crippen MR) is 82.8 cm³/mol. The standard InChI is InChI=1S/C16H23N3O2/c1-20-13-9-11-12(10-14(13)21-2)19-15(18-11)16(17)7-5-3-4-6-8-16/h9-10H,3-8,17H2,1-2H3,(H,18,19). The Labute approximate surface area is 124 Å². The van der Waals surface area contributed by atoms with Crippen LogP contribution in [0.2, 0.25) is 0 Å². The topological polar surface area (TPSA) is 73.2 Å². The highest BCUT2D eigenvalue weighted by Crippen LogP contribution is 2.36. The van der Waals surface area contributed by atoms with Crippen LogP contribution < -0.4 is 15.2 Å². The minimum Gasteiger partial charge on any atom is -0.493 e. The van der Waals surface area contributed by atoms with E-state index in [1.54, 1.807) is 14.2 Å². The lowest BCUT2D eigenvalue weighted by Gasteiger charge is -2.25. The number of aromatic amines is 1. The number of imidazole rings is 1. The number of methoxy groups -OCH3 is 2. The molecule has 3 rings (SSSR count). The largest absolute Gasteiger partial charge is 0.493 e. The maximum Gasteiger partial charge on any atom is 0.163 e. The fourth-order valence-corrected chi connectivity index (χ4v) is 3.17. The molecule has 2 aromatic rings. The first-order valence-electron chi connectivity index (χ1n) is 7.57. The molecule has 0 spiro atoms. The van der Waals surface area contributed by atoms with E-state index in [9.17, 15) is 0 Å². The third kappa shape index (κ3) is 2.58. The molecule has 0 aliphatic heterocycles. The molecule has 0 amide bonds. The first-order valence-corrected chi connectivity index (χ1v) is 7.57. The van der Waals surface area contributed by atoms with Crippen LogP contribution in [0.5, 0.6) is 11.5 Å². The van der Waals surface area contributed by atoms with E-state index in [0.29, 0.717) is 11.5 Å². The van der Waals surface area contributed by atoms with Gasteiger partial charge in [-0.3, -0.25) is 0 Å². The van der Waals surface area contributed by atoms with E-state index in [2.05, 4.69) is 4.98 Å². The molecule has 1 aromatic carbocycles. The van der Waals surface area contributed by atoms with Crippen molar-refractivity contribution in [3.63, 3.8) is 0 Å². The van der Waals surface area contributed by atoms with Gasteiger partial charge in [-0.15, -0.1) is 0 Å². The zero-order valence-electron chi connectivity index (χ0n) is 12.7. The van der Waals surface area contributed by atoms with Crippen LogP contribution in [0.25, 0.3) is 11.0 Å². The molecule has 1 aliphatic carbocycles. The summed E-state index contributed by atoms with van der Waals surface area (Å²) in [4.78, 5) is 8.11. The lowest BCUT2D eigenvalue weighted by atomic mass is 9.91. The Bertz CT molecular complexity index is 587. The summed E-state index contributed by atoms with van der Waals surface area (Å²) < 4.78 is 10.7. The Morgan fingerprint density at radius 1 is 1.05 bits per heavy atom. The van der Waals surface area contributed by atoms with E-state index >= 15 is 0 Å². The van der Waals surface area contributed by atoms with Gasteiger partial charge in [-0.1, -0.05) is 25.7 Å². The Morgan fingerprint density at radius 3 is 2.29 bits per heavy atom. The number of benzene rings is 1. The van der Waals surface area contributed by atoms with Crippen LogP contribution in [0.4, 0.5) is 0 Å². The summed E-state index contributed by atoms with van der Waals surface area (Å²) in [5.41, 5.74) is 8.11. The smallest absolute Gasteiger partial charge is 0.163 e. The van der Waals surface area contributed by atoms with Crippen LogP contribution in [-0.2, 0) is 5.54 Å². The Balaban J connectivity index is 2.03. The van der Waals surface area contributed by atoms with E-state index < -0.39 is 0 Å². The number of aromatic nitrogens is 2. The zero-order chi connectivity index (χ0) is 14.9. The number of hydrogen-bond donors (Lipinski definition) is 2. The monoisotopic (exact) mass is 289 g/mol. The van der Waals surface area contributed by atoms with E-state index in [1.807, 2.05) is 12.1 Å². The lowest BCUT2D eigenvalue weighted by Crippen LogP contribution is -2.37. The zero-order valence-corrected chi connectivity index (χ0v) is 12.7. The SMILES string of the molecule is COc1cc2nc(C3(N)CCCCCC3)[nH]c2cc1OC. The minimum atomic E-state index is -0.337. The van der Waals surface area contributed by atoms with Gasteiger partial charge < -0.3 is 20.2 Å². The van der Waals surface area contributed by atoms with Gasteiger partial charge >= 0.3 is 0 Å². The van der Waals surface area contributed by atoms with Gasteiger partial charge in [0.1, 0.15) is 5.82 Å². The maximum absolute atomic E-state index is 6.63. The average molecular weight is 289 g/mol. The number of hydrogen-bond acceptors (Lipinski definition) is 4. The molecule has 0 radical (unpaired) electrons. The molecular weight excluding hydrogens is 266 g/mol. The third-order valence-electron chi connectivity index (χ3n) is 4.45. The van der Waals surface area contributed by atoms with Gasteiger partial charge in [0.25, 0.3) is 0 Å². The summed E-state index contributed by atoms with van der Waals surface area (Å²) in [6, 6.07) is 3.82. The number of nitrogens with one attached hydrogen (secondary N) is 1. The van der Waals surface area contributed by atoms with Crippen molar-refractivity contribution in [2.75, 3.05) is 14.2 Å². The normalized spacial score (nSPS) is 18.4. The molecule has 1 saturated carbocycles. The van der Waals surface area contributed by atoms with Crippen molar-refractivity contribution in [2.45, 2.75) is 44.1 Å². The number of H-pyrrole nitrogens is 1. The molecule has 3 N–H and O–H groups in total. The minimum absolute atomic E-state index is 0.337. The van der Waals surface area contributed by atoms with Crippen molar-refractivity contribution in [3.05, 3.63) is 18.0 Å². The van der Waals surface area contributed by atoms with Crippen molar-refractivity contribution in [2.24, 2.45) is 5.73 Å². The highest BCUT2D eigenvalue weighted by Gasteiger charge is 2.31. The number of nitrogens with two attached hydrogens (primary N) is 1. The number of nitrogens with zero attached hydrogens (tertiary/aromatic N) is 1. The van der Waals surface area contributed by atoms with Crippen LogP contribution in [0.15, 0.2) is 12.1 Å². The summed E-state index contributed by atoms with van der Waals surface area (Å²) in [5, 5.41) is 0. The Kier molecular flexibility index (Phi) is 3.76. The molecule has 1 heterocycles. The van der Waals surface area contributed by atoms with E-state index in [-0.39, 0.29) is 5.54 Å². The van der Waals surface area contributed by atoms with Crippen LogP contribution in [0, 0.1) is 0 Å². The summed E-state index contributed by atoms with van der Waals surface area (Å²) >= 11 is 0. The molecule has 1 aliphatic rings. The second kappa shape index (κ2) is 5.56. The van der Waals surface area contributed by atoms with Gasteiger partial charge in [0.15, 0.2) is 11.5 Å². The molecule has 5 nitrogen and oxygen atoms in total. The van der Waals surface area contributed by atoms with Gasteiger partial charge in [-0.25, -0.2) is 4.98 Å². The van der Waals surface area contributed by atoms with Gasteiger partial charge in [0.2, 0.25) is 0 Å². The third-order valence-corrected chi connectivity index (χ3v) is 4.45. The quantitative estimate of drug-likeness (QED) is 0.852. The summed E-state index contributed by atoms with van der Waals surface area (Å²) in [6.07, 6.45) is 6.84. The summed E-state index contributed by atoms with van der Waals surface area (Å²) in [5.74, 6) is 2.27. The molecule has 0 bridgehead atoms. The van der Waals surface area contributed by atoms with Crippen molar-refractivity contribution in [1.82, 2.24) is 9.97 Å². The van der Waals surface area contributed by atoms with E-state index in [4.69, 9.17) is 20.2 Å². The Morgan fingerprint density at radius 2 is 1.67 bits per heavy atom. The van der Waals surface area contributed by atoms with Crippen molar-refractivity contribution >= 4 is 11.0 Å². The van der Waals surface area contributed by atoms with Crippen LogP contribution in [0.1, 0.15) is 44.3 Å². The molecule has 0 saturated heterocycles. The molecule has 0 atom stereocenters. The molecular formula is C16H23N3O2. The van der Waals surface area contributed by atoms with Crippen LogP contribution in [0.3, 0.4) is 0 Å². The average Bonchev–Trinajstić information content (AvgIpc) is 2.80. The second-order valence-corrected chi connectivity index (χ2v) is 5.88. The van der Waals surface area contributed by atoms with Crippen LogP contribution in [-0.4, -0.2) is 24.2 Å². The molecule has 5 heteroatoms. The first-order chi connectivity index (χ1) is 10.2.